The molecule has 0 fully saturated rings. The van der Waals surface area contributed by atoms with Crippen LogP contribution >= 0.6 is 0 Å². The second-order valence-corrected chi connectivity index (χ2v) is 1.80. The van der Waals surface area contributed by atoms with Crippen LogP contribution < -0.4 is 0 Å². The van der Waals surface area contributed by atoms with Crippen molar-refractivity contribution in [3.05, 3.63) is 24.3 Å². The van der Waals surface area contributed by atoms with Crippen LogP contribution in [0.25, 0.3) is 0 Å². The molecule has 1 rings (SSSR count). The van der Waals surface area contributed by atoms with Gasteiger partial charge in [0.2, 0.25) is 0 Å². The van der Waals surface area contributed by atoms with Crippen LogP contribution in [0.5, 0.6) is 0 Å². The molecule has 0 aromatic rings. The van der Waals surface area contributed by atoms with E-state index in [1.54, 1.807) is 0 Å². The average Bonchev–Trinajstić information content (AvgIpc) is 1.90. The van der Waals surface area contributed by atoms with Crippen molar-refractivity contribution >= 4 is 6.72 Å². The maximum atomic E-state index is 3.86. The lowest BCUT2D eigenvalue weighted by Gasteiger charge is -2.03. The summed E-state index contributed by atoms with van der Waals surface area (Å²) in [6, 6.07) is 0.333. The topological polar surface area (TPSA) is 12.4 Å². The van der Waals surface area contributed by atoms with Crippen LogP contribution in [0.15, 0.2) is 29.3 Å². The van der Waals surface area contributed by atoms with Gasteiger partial charge in [-0.2, -0.15) is 0 Å². The molecule has 8 heavy (non-hydrogen) atoms. The molecule has 1 nitrogen and oxygen atoms in total. The van der Waals surface area contributed by atoms with E-state index in [-0.39, 0.29) is 0 Å². The van der Waals surface area contributed by atoms with Gasteiger partial charge in [-0.1, -0.05) is 24.3 Å². The van der Waals surface area contributed by atoms with E-state index in [2.05, 4.69) is 17.8 Å². The molecule has 0 aliphatic heterocycles. The monoisotopic (exact) mass is 107 g/mol. The summed E-state index contributed by atoms with van der Waals surface area (Å²) in [5, 5.41) is 0. The molecule has 0 saturated carbocycles. The van der Waals surface area contributed by atoms with Gasteiger partial charge in [-0.3, -0.25) is 4.99 Å². The highest BCUT2D eigenvalue weighted by molar-refractivity contribution is 5.27. The molecule has 1 heteroatoms. The van der Waals surface area contributed by atoms with Gasteiger partial charge in [0, 0.05) is 0 Å². The molecule has 1 aliphatic carbocycles. The Morgan fingerprint density at radius 2 is 2.38 bits per heavy atom. The van der Waals surface area contributed by atoms with Crippen LogP contribution in [0.4, 0.5) is 0 Å². The Kier molecular flexibility index (Phi) is 1.62. The van der Waals surface area contributed by atoms with Gasteiger partial charge in [0.05, 0.1) is 6.04 Å². The Morgan fingerprint density at radius 1 is 1.50 bits per heavy atom. The molecule has 0 saturated heterocycles. The summed E-state index contributed by atoms with van der Waals surface area (Å²) in [5.74, 6) is 0. The molecule has 0 heterocycles. The molecular formula is C7H9N. The highest BCUT2D eigenvalue weighted by Crippen LogP contribution is 2.04. The van der Waals surface area contributed by atoms with Gasteiger partial charge in [0.25, 0.3) is 0 Å². The Bertz CT molecular complexity index is 133. The molecular weight excluding hydrogens is 98.1 g/mol. The number of nitrogens with zero attached hydrogens (tertiary/aromatic N) is 1. The van der Waals surface area contributed by atoms with E-state index in [1.165, 1.54) is 0 Å². The SMILES string of the molecule is C=NC1C=CC=CC1. The summed E-state index contributed by atoms with van der Waals surface area (Å²) in [6.07, 6.45) is 9.19. The predicted molar refractivity (Wildman–Crippen MR) is 36.2 cm³/mol. The van der Waals surface area contributed by atoms with E-state index < -0.39 is 0 Å². The second kappa shape index (κ2) is 2.46. The van der Waals surface area contributed by atoms with Crippen molar-refractivity contribution in [2.75, 3.05) is 0 Å². The highest BCUT2D eigenvalue weighted by Gasteiger charge is 1.97. The molecule has 0 bridgehead atoms. The maximum Gasteiger partial charge on any atom is 0.0710 e. The molecule has 1 unspecified atom stereocenters. The molecule has 0 N–H and O–H groups in total. The van der Waals surface area contributed by atoms with E-state index in [0.717, 1.165) is 6.42 Å². The molecule has 1 aliphatic rings. The molecule has 1 atom stereocenters. The maximum absolute atomic E-state index is 3.86. The highest BCUT2D eigenvalue weighted by atomic mass is 14.7. The number of allylic oxidation sites excluding steroid dienone is 2. The van der Waals surface area contributed by atoms with Crippen molar-refractivity contribution in [1.29, 1.82) is 0 Å². The minimum atomic E-state index is 0.333. The quantitative estimate of drug-likeness (QED) is 0.451. The first-order chi connectivity index (χ1) is 3.93. The minimum absolute atomic E-state index is 0.333. The van der Waals surface area contributed by atoms with Crippen molar-refractivity contribution in [1.82, 2.24) is 0 Å². The van der Waals surface area contributed by atoms with Crippen LogP contribution in [-0.2, 0) is 0 Å². The lowest BCUT2D eigenvalue weighted by molar-refractivity contribution is 0.834. The first kappa shape index (κ1) is 5.29. The largest absolute Gasteiger partial charge is 0.293 e. The zero-order valence-corrected chi connectivity index (χ0v) is 4.75. The fourth-order valence-electron chi connectivity index (χ4n) is 0.703. The van der Waals surface area contributed by atoms with Gasteiger partial charge in [0.1, 0.15) is 0 Å². The third kappa shape index (κ3) is 1.06. The van der Waals surface area contributed by atoms with Gasteiger partial charge in [-0.15, -0.1) is 0 Å². The number of rotatable bonds is 1. The summed E-state index contributed by atoms with van der Waals surface area (Å²) in [6.45, 7) is 3.45. The number of hydrogen-bond acceptors (Lipinski definition) is 1. The van der Waals surface area contributed by atoms with Crippen molar-refractivity contribution in [3.8, 4) is 0 Å². The fourth-order valence-corrected chi connectivity index (χ4v) is 0.703. The van der Waals surface area contributed by atoms with E-state index in [0.29, 0.717) is 6.04 Å². The summed E-state index contributed by atoms with van der Waals surface area (Å²) in [4.78, 5) is 3.86. The molecule has 0 amide bonds. The molecule has 0 spiro atoms. The van der Waals surface area contributed by atoms with E-state index in [4.69, 9.17) is 0 Å². The van der Waals surface area contributed by atoms with Gasteiger partial charge in [0.15, 0.2) is 0 Å². The van der Waals surface area contributed by atoms with Gasteiger partial charge in [-0.25, -0.2) is 0 Å². The zero-order valence-electron chi connectivity index (χ0n) is 4.75. The number of aliphatic imine (C=N–C) groups is 1. The minimum Gasteiger partial charge on any atom is -0.293 e. The van der Waals surface area contributed by atoms with Crippen LogP contribution in [0, 0.1) is 0 Å². The third-order valence-electron chi connectivity index (χ3n) is 1.19. The van der Waals surface area contributed by atoms with Crippen LogP contribution in [0.1, 0.15) is 6.42 Å². The van der Waals surface area contributed by atoms with Crippen LogP contribution in [0.3, 0.4) is 0 Å². The Hall–Kier alpha value is -0.850. The Morgan fingerprint density at radius 3 is 2.75 bits per heavy atom. The Labute approximate surface area is 49.4 Å². The summed E-state index contributed by atoms with van der Waals surface area (Å²) < 4.78 is 0. The summed E-state index contributed by atoms with van der Waals surface area (Å²) in [5.41, 5.74) is 0. The predicted octanol–water partition coefficient (Wildman–Crippen LogP) is 1.57. The second-order valence-electron chi connectivity index (χ2n) is 1.80. The van der Waals surface area contributed by atoms with Crippen LogP contribution in [-0.4, -0.2) is 12.8 Å². The fraction of sp³-hybridized carbons (Fsp3) is 0.286. The smallest absolute Gasteiger partial charge is 0.0710 e. The molecule has 42 valence electrons. The lowest BCUT2D eigenvalue weighted by atomic mass is 10.1. The standard InChI is InChI=1S/C7H9N/c1-8-7-5-3-2-4-6-7/h2-5,7H,1,6H2. The molecule has 0 radical (unpaired) electrons. The lowest BCUT2D eigenvalue weighted by Crippen LogP contribution is -1.98. The molecule has 0 aromatic heterocycles. The van der Waals surface area contributed by atoms with E-state index in [1.807, 2.05) is 18.2 Å². The normalized spacial score (nSPS) is 25.8. The number of hydrogen-bond donors (Lipinski definition) is 0. The van der Waals surface area contributed by atoms with Crippen molar-refractivity contribution < 1.29 is 0 Å². The zero-order chi connectivity index (χ0) is 5.82. The first-order valence-corrected chi connectivity index (χ1v) is 2.72. The van der Waals surface area contributed by atoms with Crippen molar-refractivity contribution in [3.63, 3.8) is 0 Å². The Balaban J connectivity index is 2.51. The third-order valence-corrected chi connectivity index (χ3v) is 1.19. The molecule has 0 aromatic carbocycles. The van der Waals surface area contributed by atoms with Crippen LogP contribution in [0.2, 0.25) is 0 Å². The first-order valence-electron chi connectivity index (χ1n) is 2.72. The summed E-state index contributed by atoms with van der Waals surface area (Å²) >= 11 is 0. The van der Waals surface area contributed by atoms with Gasteiger partial charge >= 0.3 is 0 Å². The van der Waals surface area contributed by atoms with E-state index in [9.17, 15) is 0 Å². The average molecular weight is 107 g/mol. The van der Waals surface area contributed by atoms with Gasteiger partial charge in [-0.05, 0) is 13.1 Å². The summed E-state index contributed by atoms with van der Waals surface area (Å²) in [7, 11) is 0. The van der Waals surface area contributed by atoms with Crippen molar-refractivity contribution in [2.45, 2.75) is 12.5 Å². The van der Waals surface area contributed by atoms with Crippen molar-refractivity contribution in [2.24, 2.45) is 4.99 Å². The van der Waals surface area contributed by atoms with Gasteiger partial charge < -0.3 is 0 Å². The van der Waals surface area contributed by atoms with E-state index >= 15 is 0 Å².